The lowest BCUT2D eigenvalue weighted by Crippen LogP contribution is -2.03. The highest BCUT2D eigenvalue weighted by Gasteiger charge is 2.19. The second-order valence-electron chi connectivity index (χ2n) is 5.58. The van der Waals surface area contributed by atoms with Gasteiger partial charge >= 0.3 is 0 Å². The summed E-state index contributed by atoms with van der Waals surface area (Å²) in [6, 6.07) is 15.3. The molecule has 0 saturated carbocycles. The van der Waals surface area contributed by atoms with E-state index in [9.17, 15) is 0 Å². The number of halogens is 1. The number of fused-ring (bicyclic) bond motifs is 1. The zero-order chi connectivity index (χ0) is 17.9. The summed E-state index contributed by atoms with van der Waals surface area (Å²) in [6.45, 7) is 0.516. The van der Waals surface area contributed by atoms with Gasteiger partial charge in [-0.15, -0.1) is 0 Å². The van der Waals surface area contributed by atoms with Crippen molar-refractivity contribution in [2.24, 2.45) is 0 Å². The Morgan fingerprint density at radius 3 is 2.73 bits per heavy atom. The van der Waals surface area contributed by atoms with Crippen molar-refractivity contribution in [1.29, 1.82) is 0 Å². The Morgan fingerprint density at radius 2 is 1.88 bits per heavy atom. The topological polar surface area (TPSA) is 73.1 Å². The molecule has 0 fully saturated rings. The van der Waals surface area contributed by atoms with Gasteiger partial charge in [-0.1, -0.05) is 47.1 Å². The molecule has 2 aromatic carbocycles. The van der Waals surface area contributed by atoms with Crippen molar-refractivity contribution in [3.63, 3.8) is 0 Å². The number of para-hydroxylation sites is 1. The summed E-state index contributed by atoms with van der Waals surface area (Å²) in [5.74, 6) is 1.32. The van der Waals surface area contributed by atoms with E-state index in [2.05, 4.69) is 20.4 Å². The zero-order valence-electron chi connectivity index (χ0n) is 13.9. The largest absolute Gasteiger partial charge is 0.496 e. The van der Waals surface area contributed by atoms with Crippen LogP contribution in [0.2, 0.25) is 5.02 Å². The maximum absolute atomic E-state index is 6.23. The molecule has 130 valence electrons. The first kappa shape index (κ1) is 16.4. The summed E-state index contributed by atoms with van der Waals surface area (Å²) in [5.41, 5.74) is 2.81. The molecule has 0 spiro atoms. The molecule has 0 atom stereocenters. The average molecular weight is 367 g/mol. The normalized spacial score (nSPS) is 10.8. The molecule has 4 aromatic rings. The Morgan fingerprint density at radius 1 is 1.08 bits per heavy atom. The maximum Gasteiger partial charge on any atom is 0.263 e. The quantitative estimate of drug-likeness (QED) is 0.558. The SMILES string of the molecule is COc1ccccc1-c1noc2ncnc(NCc3ccccc3Cl)c12. The number of hydrogen-bond acceptors (Lipinski definition) is 6. The fourth-order valence-corrected chi connectivity index (χ4v) is 2.97. The monoisotopic (exact) mass is 366 g/mol. The predicted octanol–water partition coefficient (Wildman–Crippen LogP) is 4.56. The minimum absolute atomic E-state index is 0.405. The van der Waals surface area contributed by atoms with E-state index in [4.69, 9.17) is 20.9 Å². The minimum atomic E-state index is 0.405. The zero-order valence-corrected chi connectivity index (χ0v) is 14.7. The number of aromatic nitrogens is 3. The number of hydrogen-bond donors (Lipinski definition) is 1. The van der Waals surface area contributed by atoms with E-state index in [1.54, 1.807) is 7.11 Å². The lowest BCUT2D eigenvalue weighted by atomic mass is 10.1. The Kier molecular flexibility index (Phi) is 4.41. The van der Waals surface area contributed by atoms with Crippen LogP contribution >= 0.6 is 11.6 Å². The molecular weight excluding hydrogens is 352 g/mol. The van der Waals surface area contributed by atoms with Gasteiger partial charge in [0.2, 0.25) is 0 Å². The van der Waals surface area contributed by atoms with Gasteiger partial charge in [-0.05, 0) is 23.8 Å². The van der Waals surface area contributed by atoms with Crippen LogP contribution in [-0.2, 0) is 6.54 Å². The number of nitrogens with one attached hydrogen (secondary N) is 1. The van der Waals surface area contributed by atoms with Gasteiger partial charge in [0, 0.05) is 17.1 Å². The van der Waals surface area contributed by atoms with Crippen LogP contribution in [0.5, 0.6) is 5.75 Å². The molecule has 0 bridgehead atoms. The fourth-order valence-electron chi connectivity index (χ4n) is 2.77. The first-order valence-corrected chi connectivity index (χ1v) is 8.37. The molecule has 0 aliphatic rings. The molecule has 4 rings (SSSR count). The molecule has 26 heavy (non-hydrogen) atoms. The van der Waals surface area contributed by atoms with Crippen LogP contribution in [0.3, 0.4) is 0 Å². The fraction of sp³-hybridized carbons (Fsp3) is 0.105. The summed E-state index contributed by atoms with van der Waals surface area (Å²) in [5, 5.41) is 8.88. The predicted molar refractivity (Wildman–Crippen MR) is 100 cm³/mol. The van der Waals surface area contributed by atoms with Crippen molar-refractivity contribution in [3.05, 3.63) is 65.4 Å². The Hall–Kier alpha value is -3.12. The highest BCUT2D eigenvalue weighted by molar-refractivity contribution is 6.31. The number of rotatable bonds is 5. The van der Waals surface area contributed by atoms with Gasteiger partial charge in [-0.2, -0.15) is 4.98 Å². The highest BCUT2D eigenvalue weighted by Crippen LogP contribution is 2.36. The molecule has 2 aromatic heterocycles. The van der Waals surface area contributed by atoms with Gasteiger partial charge in [0.05, 0.1) is 7.11 Å². The van der Waals surface area contributed by atoms with Crippen molar-refractivity contribution >= 4 is 28.5 Å². The first-order valence-electron chi connectivity index (χ1n) is 7.99. The van der Waals surface area contributed by atoms with Crippen molar-refractivity contribution < 1.29 is 9.26 Å². The van der Waals surface area contributed by atoms with E-state index in [-0.39, 0.29) is 0 Å². The van der Waals surface area contributed by atoms with Crippen LogP contribution in [0.1, 0.15) is 5.56 Å². The van der Waals surface area contributed by atoms with Gasteiger partial charge in [0.15, 0.2) is 0 Å². The molecule has 6 nitrogen and oxygen atoms in total. The molecule has 2 heterocycles. The smallest absolute Gasteiger partial charge is 0.263 e. The Balaban J connectivity index is 1.76. The van der Waals surface area contributed by atoms with E-state index in [1.807, 2.05) is 48.5 Å². The highest BCUT2D eigenvalue weighted by atomic mass is 35.5. The summed E-state index contributed by atoms with van der Waals surface area (Å²) < 4.78 is 10.8. The third-order valence-electron chi connectivity index (χ3n) is 4.04. The molecule has 0 amide bonds. The molecule has 1 N–H and O–H groups in total. The van der Waals surface area contributed by atoms with Gasteiger partial charge in [-0.3, -0.25) is 0 Å². The summed E-state index contributed by atoms with van der Waals surface area (Å²) in [7, 11) is 1.62. The maximum atomic E-state index is 6.23. The van der Waals surface area contributed by atoms with Crippen molar-refractivity contribution in [2.75, 3.05) is 12.4 Å². The van der Waals surface area contributed by atoms with E-state index in [1.165, 1.54) is 6.33 Å². The molecule has 0 aliphatic carbocycles. The lowest BCUT2D eigenvalue weighted by molar-refractivity contribution is 0.414. The van der Waals surface area contributed by atoms with Crippen LogP contribution < -0.4 is 10.1 Å². The van der Waals surface area contributed by atoms with Crippen molar-refractivity contribution in [3.8, 4) is 17.0 Å². The molecule has 7 heteroatoms. The van der Waals surface area contributed by atoms with Crippen molar-refractivity contribution in [1.82, 2.24) is 15.1 Å². The molecular formula is C19H15ClN4O2. The van der Waals surface area contributed by atoms with Gasteiger partial charge in [0.1, 0.15) is 29.0 Å². The number of benzene rings is 2. The molecule has 0 aliphatic heterocycles. The van der Waals surface area contributed by atoms with Gasteiger partial charge in [-0.25, -0.2) is 4.98 Å². The second kappa shape index (κ2) is 7.01. The minimum Gasteiger partial charge on any atom is -0.496 e. The molecule has 0 unspecified atom stereocenters. The van der Waals surface area contributed by atoms with Crippen LogP contribution in [0, 0.1) is 0 Å². The summed E-state index contributed by atoms with van der Waals surface area (Å²) in [4.78, 5) is 8.53. The summed E-state index contributed by atoms with van der Waals surface area (Å²) in [6.07, 6.45) is 1.44. The van der Waals surface area contributed by atoms with Crippen LogP contribution in [0.25, 0.3) is 22.4 Å². The molecule has 0 saturated heterocycles. The summed E-state index contributed by atoms with van der Waals surface area (Å²) >= 11 is 6.23. The van der Waals surface area contributed by atoms with Crippen molar-refractivity contribution in [2.45, 2.75) is 6.54 Å². The van der Waals surface area contributed by atoms with E-state index in [0.29, 0.717) is 39.9 Å². The average Bonchev–Trinajstić information content (AvgIpc) is 3.12. The number of anilines is 1. The Bertz CT molecular complexity index is 1060. The van der Waals surface area contributed by atoms with Crippen LogP contribution in [0.4, 0.5) is 5.82 Å². The number of ether oxygens (including phenoxy) is 1. The standard InChI is InChI=1S/C19H15ClN4O2/c1-25-15-9-5-3-7-13(15)17-16-18(22-11-23-19(16)26-24-17)21-10-12-6-2-4-8-14(12)20/h2-9,11H,10H2,1H3,(H,21,22,23). The van der Waals surface area contributed by atoms with Gasteiger partial charge in [0.25, 0.3) is 5.71 Å². The van der Waals surface area contributed by atoms with E-state index >= 15 is 0 Å². The lowest BCUT2D eigenvalue weighted by Gasteiger charge is -2.09. The Labute approximate surface area is 154 Å². The van der Waals surface area contributed by atoms with E-state index in [0.717, 1.165) is 11.1 Å². The first-order chi connectivity index (χ1) is 12.8. The third-order valence-corrected chi connectivity index (χ3v) is 4.41. The second-order valence-corrected chi connectivity index (χ2v) is 5.99. The van der Waals surface area contributed by atoms with Crippen LogP contribution in [0.15, 0.2) is 59.4 Å². The third kappa shape index (κ3) is 2.95. The van der Waals surface area contributed by atoms with Crippen LogP contribution in [-0.4, -0.2) is 22.2 Å². The van der Waals surface area contributed by atoms with Gasteiger partial charge < -0.3 is 14.6 Å². The van der Waals surface area contributed by atoms with E-state index < -0.39 is 0 Å². The number of nitrogens with zero attached hydrogens (tertiary/aromatic N) is 3. The molecule has 0 radical (unpaired) electrons. The number of methoxy groups -OCH3 is 1.